The third-order valence-electron chi connectivity index (χ3n) is 4.35. The standard InChI is InChI=1S/C23H19N5O2/c1-15(29)26-17-7-3-8-18(13-17)28-23(30)21-14-19(10-12-24-21)27-20-9-2-5-16-6-4-11-25-22(16)20/h2-14H,1H3,(H,24,27)(H,26,29)(H,28,30). The number of para-hydroxylation sites is 1. The Morgan fingerprint density at radius 2 is 1.53 bits per heavy atom. The highest BCUT2D eigenvalue weighted by Crippen LogP contribution is 2.25. The van der Waals surface area contributed by atoms with E-state index in [0.717, 1.165) is 22.3 Å². The summed E-state index contributed by atoms with van der Waals surface area (Å²) in [6, 6.07) is 20.1. The van der Waals surface area contributed by atoms with Gasteiger partial charge in [-0.15, -0.1) is 0 Å². The minimum Gasteiger partial charge on any atom is -0.354 e. The van der Waals surface area contributed by atoms with E-state index >= 15 is 0 Å². The van der Waals surface area contributed by atoms with Crippen LogP contribution in [0.1, 0.15) is 17.4 Å². The largest absolute Gasteiger partial charge is 0.354 e. The first-order chi connectivity index (χ1) is 14.6. The molecule has 7 nitrogen and oxygen atoms in total. The van der Waals surface area contributed by atoms with Gasteiger partial charge in [-0.25, -0.2) is 0 Å². The van der Waals surface area contributed by atoms with E-state index in [9.17, 15) is 9.59 Å². The summed E-state index contributed by atoms with van der Waals surface area (Å²) in [6.07, 6.45) is 3.32. The normalized spacial score (nSPS) is 10.4. The number of hydrogen-bond donors (Lipinski definition) is 3. The third kappa shape index (κ3) is 4.41. The highest BCUT2D eigenvalue weighted by Gasteiger charge is 2.10. The maximum absolute atomic E-state index is 12.7. The molecule has 0 aliphatic rings. The van der Waals surface area contributed by atoms with E-state index in [0.29, 0.717) is 11.4 Å². The van der Waals surface area contributed by atoms with Crippen LogP contribution >= 0.6 is 0 Å². The van der Waals surface area contributed by atoms with E-state index in [4.69, 9.17) is 0 Å². The van der Waals surface area contributed by atoms with E-state index in [1.807, 2.05) is 30.3 Å². The van der Waals surface area contributed by atoms with Gasteiger partial charge in [-0.3, -0.25) is 19.6 Å². The quantitative estimate of drug-likeness (QED) is 0.458. The zero-order valence-electron chi connectivity index (χ0n) is 16.2. The van der Waals surface area contributed by atoms with Crippen LogP contribution in [0, 0.1) is 0 Å². The van der Waals surface area contributed by atoms with Gasteiger partial charge >= 0.3 is 0 Å². The van der Waals surface area contributed by atoms with Gasteiger partial charge in [0.1, 0.15) is 5.69 Å². The number of amides is 2. The van der Waals surface area contributed by atoms with Crippen LogP contribution in [0.25, 0.3) is 10.9 Å². The molecule has 0 unspecified atom stereocenters. The van der Waals surface area contributed by atoms with Crippen LogP contribution in [-0.4, -0.2) is 21.8 Å². The molecule has 0 atom stereocenters. The molecule has 0 saturated heterocycles. The Morgan fingerprint density at radius 3 is 2.37 bits per heavy atom. The molecule has 0 spiro atoms. The predicted octanol–water partition coefficient (Wildman–Crippen LogP) is 4.58. The number of aromatic nitrogens is 2. The summed E-state index contributed by atoms with van der Waals surface area (Å²) < 4.78 is 0. The van der Waals surface area contributed by atoms with Crippen molar-refractivity contribution in [3.05, 3.63) is 84.8 Å². The maximum Gasteiger partial charge on any atom is 0.274 e. The van der Waals surface area contributed by atoms with Crippen molar-refractivity contribution >= 4 is 45.5 Å². The molecule has 2 aromatic carbocycles. The van der Waals surface area contributed by atoms with Crippen molar-refractivity contribution in [1.29, 1.82) is 0 Å². The lowest BCUT2D eigenvalue weighted by atomic mass is 10.2. The molecule has 0 radical (unpaired) electrons. The van der Waals surface area contributed by atoms with Crippen LogP contribution in [0.15, 0.2) is 79.1 Å². The van der Waals surface area contributed by atoms with Crippen molar-refractivity contribution in [2.45, 2.75) is 6.92 Å². The molecule has 0 aliphatic heterocycles. The lowest BCUT2D eigenvalue weighted by molar-refractivity contribution is -0.114. The Morgan fingerprint density at radius 1 is 0.767 bits per heavy atom. The van der Waals surface area contributed by atoms with Crippen molar-refractivity contribution in [2.75, 3.05) is 16.0 Å². The van der Waals surface area contributed by atoms with Gasteiger partial charge in [-0.05, 0) is 42.5 Å². The molecular weight excluding hydrogens is 378 g/mol. The van der Waals surface area contributed by atoms with Crippen LogP contribution in [-0.2, 0) is 4.79 Å². The van der Waals surface area contributed by atoms with E-state index in [1.54, 1.807) is 48.8 Å². The fourth-order valence-electron chi connectivity index (χ4n) is 3.07. The summed E-state index contributed by atoms with van der Waals surface area (Å²) in [5, 5.41) is 9.82. The van der Waals surface area contributed by atoms with E-state index in [-0.39, 0.29) is 17.5 Å². The van der Waals surface area contributed by atoms with Crippen LogP contribution in [0.3, 0.4) is 0 Å². The smallest absolute Gasteiger partial charge is 0.274 e. The van der Waals surface area contributed by atoms with Crippen LogP contribution in [0.4, 0.5) is 22.7 Å². The first kappa shape index (κ1) is 19.1. The van der Waals surface area contributed by atoms with Crippen molar-refractivity contribution in [2.24, 2.45) is 0 Å². The first-order valence-corrected chi connectivity index (χ1v) is 9.34. The Labute approximate surface area is 173 Å². The molecule has 4 rings (SSSR count). The average Bonchev–Trinajstić information content (AvgIpc) is 2.74. The summed E-state index contributed by atoms with van der Waals surface area (Å²) in [4.78, 5) is 32.5. The highest BCUT2D eigenvalue weighted by atomic mass is 16.2. The monoisotopic (exact) mass is 397 g/mol. The minimum atomic E-state index is -0.352. The Hall–Kier alpha value is -4.26. The molecule has 3 N–H and O–H groups in total. The molecule has 148 valence electrons. The lowest BCUT2D eigenvalue weighted by Crippen LogP contribution is -2.14. The number of carbonyl (C=O) groups excluding carboxylic acids is 2. The van der Waals surface area contributed by atoms with Gasteiger partial charge in [0.05, 0.1) is 11.2 Å². The molecule has 2 amide bonds. The number of fused-ring (bicyclic) bond motifs is 1. The minimum absolute atomic E-state index is 0.179. The number of nitrogens with zero attached hydrogens (tertiary/aromatic N) is 2. The summed E-state index contributed by atoms with van der Waals surface area (Å²) in [5.41, 5.74) is 3.83. The average molecular weight is 397 g/mol. The fraction of sp³-hybridized carbons (Fsp3) is 0.0435. The lowest BCUT2D eigenvalue weighted by Gasteiger charge is -2.11. The topological polar surface area (TPSA) is 96.0 Å². The molecule has 2 aromatic heterocycles. The second-order valence-electron chi connectivity index (χ2n) is 6.65. The number of benzene rings is 2. The molecule has 7 heteroatoms. The second kappa shape index (κ2) is 8.40. The van der Waals surface area contributed by atoms with Crippen molar-refractivity contribution < 1.29 is 9.59 Å². The number of carbonyl (C=O) groups is 2. The number of hydrogen-bond acceptors (Lipinski definition) is 5. The van der Waals surface area contributed by atoms with E-state index < -0.39 is 0 Å². The first-order valence-electron chi connectivity index (χ1n) is 9.34. The molecule has 0 fully saturated rings. The third-order valence-corrected chi connectivity index (χ3v) is 4.35. The molecule has 2 heterocycles. The summed E-state index contributed by atoms with van der Waals surface area (Å²) in [5.74, 6) is -0.531. The number of anilines is 4. The summed E-state index contributed by atoms with van der Waals surface area (Å²) in [6.45, 7) is 1.43. The van der Waals surface area contributed by atoms with Crippen LogP contribution < -0.4 is 16.0 Å². The van der Waals surface area contributed by atoms with E-state index in [2.05, 4.69) is 25.9 Å². The zero-order chi connectivity index (χ0) is 20.9. The van der Waals surface area contributed by atoms with Crippen molar-refractivity contribution in [3.8, 4) is 0 Å². The molecule has 0 saturated carbocycles. The van der Waals surface area contributed by atoms with Crippen LogP contribution in [0.2, 0.25) is 0 Å². The molecule has 4 aromatic rings. The Bertz CT molecular complexity index is 1230. The van der Waals surface area contributed by atoms with Gasteiger partial charge in [0.25, 0.3) is 5.91 Å². The molecular formula is C23H19N5O2. The summed E-state index contributed by atoms with van der Waals surface area (Å²) >= 11 is 0. The molecule has 30 heavy (non-hydrogen) atoms. The molecule has 0 aliphatic carbocycles. The zero-order valence-corrected chi connectivity index (χ0v) is 16.2. The van der Waals surface area contributed by atoms with Crippen molar-refractivity contribution in [3.63, 3.8) is 0 Å². The number of nitrogens with one attached hydrogen (secondary N) is 3. The van der Waals surface area contributed by atoms with Gasteiger partial charge in [0.2, 0.25) is 5.91 Å². The maximum atomic E-state index is 12.7. The Kier molecular flexibility index (Phi) is 5.34. The number of pyridine rings is 2. The van der Waals surface area contributed by atoms with Gasteiger partial charge in [0, 0.05) is 41.8 Å². The number of rotatable bonds is 5. The highest BCUT2D eigenvalue weighted by molar-refractivity contribution is 6.04. The molecule has 0 bridgehead atoms. The summed E-state index contributed by atoms with van der Waals surface area (Å²) in [7, 11) is 0. The fourth-order valence-corrected chi connectivity index (χ4v) is 3.07. The predicted molar refractivity (Wildman–Crippen MR) is 118 cm³/mol. The SMILES string of the molecule is CC(=O)Nc1cccc(NC(=O)c2cc(Nc3cccc4cccnc34)ccn2)c1. The van der Waals surface area contributed by atoms with Crippen molar-refractivity contribution in [1.82, 2.24) is 9.97 Å². The van der Waals surface area contributed by atoms with Crippen LogP contribution in [0.5, 0.6) is 0 Å². The van der Waals surface area contributed by atoms with Gasteiger partial charge in [-0.2, -0.15) is 0 Å². The van der Waals surface area contributed by atoms with Gasteiger partial charge < -0.3 is 16.0 Å². The second-order valence-corrected chi connectivity index (χ2v) is 6.65. The van der Waals surface area contributed by atoms with Gasteiger partial charge in [-0.1, -0.05) is 24.3 Å². The van der Waals surface area contributed by atoms with E-state index in [1.165, 1.54) is 6.92 Å². The Balaban J connectivity index is 1.53. The van der Waals surface area contributed by atoms with Gasteiger partial charge in [0.15, 0.2) is 0 Å².